The molecule has 0 saturated heterocycles. The number of hydrogen-bond donors (Lipinski definition) is 1. The van der Waals surface area contributed by atoms with Crippen molar-refractivity contribution in [1.82, 2.24) is 4.31 Å². The number of hydrogen-bond acceptors (Lipinski definition) is 6. The third-order valence-corrected chi connectivity index (χ3v) is 4.57. The van der Waals surface area contributed by atoms with Crippen LogP contribution in [0.3, 0.4) is 0 Å². The second-order valence-corrected chi connectivity index (χ2v) is 5.87. The minimum Gasteiger partial charge on any atom is -0.374 e. The summed E-state index contributed by atoms with van der Waals surface area (Å²) < 4.78 is 25.2. The third-order valence-electron chi connectivity index (χ3n) is 2.71. The maximum atomic E-state index is 12.3. The molecule has 0 aliphatic carbocycles. The van der Waals surface area contributed by atoms with Crippen LogP contribution < -0.4 is 0 Å². The highest BCUT2D eigenvalue weighted by Crippen LogP contribution is 2.28. The molecule has 0 saturated carbocycles. The van der Waals surface area contributed by atoms with E-state index in [-0.39, 0.29) is 0 Å². The van der Waals surface area contributed by atoms with Gasteiger partial charge in [-0.15, -0.1) is 0 Å². The number of nitro benzene ring substituents is 1. The number of ketones is 1. The van der Waals surface area contributed by atoms with E-state index in [4.69, 9.17) is 0 Å². The van der Waals surface area contributed by atoms with Crippen molar-refractivity contribution in [2.24, 2.45) is 0 Å². The van der Waals surface area contributed by atoms with Crippen LogP contribution in [0.2, 0.25) is 0 Å². The summed E-state index contributed by atoms with van der Waals surface area (Å²) in [6.45, 7) is -0.563. The standard InChI is InChI=1S/C11H10N2O6S/c14-8-5-6-11(15)12(7-8)20(18,19)10-4-2-1-3-9(10)13(16)17/h1-6,11,15H,7H2. The first-order valence-corrected chi connectivity index (χ1v) is 6.92. The molecule has 1 unspecified atom stereocenters. The molecule has 0 fully saturated rings. The maximum Gasteiger partial charge on any atom is 0.289 e. The number of aliphatic hydroxyl groups is 1. The van der Waals surface area contributed by atoms with Gasteiger partial charge in [0.2, 0.25) is 0 Å². The molecule has 9 heteroatoms. The van der Waals surface area contributed by atoms with E-state index in [2.05, 4.69) is 0 Å². The second kappa shape index (κ2) is 5.12. The van der Waals surface area contributed by atoms with Crippen LogP contribution in [-0.4, -0.2) is 41.3 Å². The Hall–Kier alpha value is -2.10. The first kappa shape index (κ1) is 14.3. The van der Waals surface area contributed by atoms with Gasteiger partial charge in [0.25, 0.3) is 15.7 Å². The monoisotopic (exact) mass is 298 g/mol. The van der Waals surface area contributed by atoms with E-state index in [1.165, 1.54) is 12.1 Å². The van der Waals surface area contributed by atoms with Crippen LogP contribution >= 0.6 is 0 Å². The van der Waals surface area contributed by atoms with Gasteiger partial charge in [-0.2, -0.15) is 4.31 Å². The highest BCUT2D eigenvalue weighted by Gasteiger charge is 2.36. The lowest BCUT2D eigenvalue weighted by Crippen LogP contribution is -2.44. The van der Waals surface area contributed by atoms with Gasteiger partial charge in [-0.05, 0) is 18.2 Å². The lowest BCUT2D eigenvalue weighted by molar-refractivity contribution is -0.387. The minimum atomic E-state index is -4.35. The summed E-state index contributed by atoms with van der Waals surface area (Å²) in [7, 11) is -4.35. The predicted octanol–water partition coefficient (Wildman–Crippen LogP) is 0.0428. The van der Waals surface area contributed by atoms with E-state index in [1.54, 1.807) is 0 Å². The fraction of sp³-hybridized carbons (Fsp3) is 0.182. The Labute approximate surface area is 114 Å². The molecule has 1 N–H and O–H groups in total. The molecule has 8 nitrogen and oxygen atoms in total. The van der Waals surface area contributed by atoms with Crippen LogP contribution in [0.15, 0.2) is 41.3 Å². The smallest absolute Gasteiger partial charge is 0.289 e. The van der Waals surface area contributed by atoms with Gasteiger partial charge in [-0.3, -0.25) is 14.9 Å². The lowest BCUT2D eigenvalue weighted by atomic mass is 10.2. The molecule has 2 rings (SSSR count). The van der Waals surface area contributed by atoms with Crippen LogP contribution in [0.25, 0.3) is 0 Å². The van der Waals surface area contributed by atoms with Crippen molar-refractivity contribution >= 4 is 21.5 Å². The Morgan fingerprint density at radius 3 is 2.65 bits per heavy atom. The first-order valence-electron chi connectivity index (χ1n) is 5.48. The van der Waals surface area contributed by atoms with E-state index < -0.39 is 44.1 Å². The lowest BCUT2D eigenvalue weighted by Gasteiger charge is -2.26. The van der Waals surface area contributed by atoms with Crippen LogP contribution in [0.1, 0.15) is 0 Å². The van der Waals surface area contributed by atoms with E-state index >= 15 is 0 Å². The van der Waals surface area contributed by atoms with Crippen molar-refractivity contribution < 1.29 is 23.2 Å². The normalized spacial score (nSPS) is 20.1. The Kier molecular flexibility index (Phi) is 3.66. The number of carbonyl (C=O) groups excluding carboxylic acids is 1. The van der Waals surface area contributed by atoms with Crippen molar-refractivity contribution in [3.05, 3.63) is 46.5 Å². The maximum absolute atomic E-state index is 12.3. The Balaban J connectivity index is 2.54. The fourth-order valence-electron chi connectivity index (χ4n) is 1.77. The number of carbonyl (C=O) groups is 1. The molecule has 0 aromatic heterocycles. The van der Waals surface area contributed by atoms with Gasteiger partial charge < -0.3 is 5.11 Å². The molecule has 0 bridgehead atoms. The number of benzene rings is 1. The summed E-state index contributed by atoms with van der Waals surface area (Å²) in [4.78, 5) is 20.8. The van der Waals surface area contributed by atoms with Crippen molar-refractivity contribution in [2.45, 2.75) is 11.1 Å². The van der Waals surface area contributed by atoms with Gasteiger partial charge in [-0.25, -0.2) is 8.42 Å². The molecule has 106 valence electrons. The molecule has 1 aliphatic rings. The number of aliphatic hydroxyl groups excluding tert-OH is 1. The Morgan fingerprint density at radius 1 is 1.35 bits per heavy atom. The van der Waals surface area contributed by atoms with Crippen molar-refractivity contribution in [1.29, 1.82) is 0 Å². The molecular formula is C11H10N2O6S. The molecule has 0 amide bonds. The van der Waals surface area contributed by atoms with Gasteiger partial charge in [-0.1, -0.05) is 12.1 Å². The van der Waals surface area contributed by atoms with Gasteiger partial charge in [0, 0.05) is 6.07 Å². The largest absolute Gasteiger partial charge is 0.374 e. The highest BCUT2D eigenvalue weighted by atomic mass is 32.2. The summed E-state index contributed by atoms with van der Waals surface area (Å²) in [5.41, 5.74) is -0.610. The van der Waals surface area contributed by atoms with Crippen LogP contribution in [0, 0.1) is 10.1 Å². The van der Waals surface area contributed by atoms with Crippen molar-refractivity contribution in [3.8, 4) is 0 Å². The van der Waals surface area contributed by atoms with Gasteiger partial charge in [0.1, 0.15) is 6.23 Å². The van der Waals surface area contributed by atoms with E-state index in [9.17, 15) is 28.4 Å². The van der Waals surface area contributed by atoms with Crippen LogP contribution in [-0.2, 0) is 14.8 Å². The number of para-hydroxylation sites is 1. The highest BCUT2D eigenvalue weighted by molar-refractivity contribution is 7.89. The fourth-order valence-corrected chi connectivity index (χ4v) is 3.33. The predicted molar refractivity (Wildman–Crippen MR) is 67.1 cm³/mol. The molecular weight excluding hydrogens is 288 g/mol. The van der Waals surface area contributed by atoms with Crippen LogP contribution in [0.4, 0.5) is 5.69 Å². The minimum absolute atomic E-state index is 0.512. The summed E-state index contributed by atoms with van der Waals surface area (Å²) in [5.74, 6) is -0.516. The summed E-state index contributed by atoms with van der Waals surface area (Å²) in [5, 5.41) is 20.5. The first-order chi connectivity index (χ1) is 9.34. The number of nitrogens with zero attached hydrogens (tertiary/aromatic N) is 2. The molecule has 1 atom stereocenters. The van der Waals surface area contributed by atoms with Crippen molar-refractivity contribution in [3.63, 3.8) is 0 Å². The molecule has 1 aromatic rings. The second-order valence-electron chi connectivity index (χ2n) is 4.01. The van der Waals surface area contributed by atoms with Crippen LogP contribution in [0.5, 0.6) is 0 Å². The average molecular weight is 298 g/mol. The van der Waals surface area contributed by atoms with Gasteiger partial charge >= 0.3 is 0 Å². The molecule has 0 radical (unpaired) electrons. The third kappa shape index (κ3) is 2.46. The summed E-state index contributed by atoms with van der Waals surface area (Å²) in [6.07, 6.45) is 0.548. The van der Waals surface area contributed by atoms with Crippen molar-refractivity contribution in [2.75, 3.05) is 6.54 Å². The number of sulfonamides is 1. The average Bonchev–Trinajstić information content (AvgIpc) is 2.41. The molecule has 1 heterocycles. The quantitative estimate of drug-likeness (QED) is 0.622. The number of nitro groups is 1. The van der Waals surface area contributed by atoms with E-state index in [0.29, 0.717) is 4.31 Å². The van der Waals surface area contributed by atoms with Gasteiger partial charge in [0.15, 0.2) is 10.7 Å². The molecule has 1 aromatic carbocycles. The Bertz CT molecular complexity index is 697. The Morgan fingerprint density at radius 2 is 2.00 bits per heavy atom. The zero-order valence-electron chi connectivity index (χ0n) is 10.0. The molecule has 1 aliphatic heterocycles. The van der Waals surface area contributed by atoms with Gasteiger partial charge in [0.05, 0.1) is 11.5 Å². The summed E-state index contributed by atoms with van der Waals surface area (Å²) in [6, 6.07) is 4.76. The zero-order valence-corrected chi connectivity index (χ0v) is 10.9. The van der Waals surface area contributed by atoms with E-state index in [1.807, 2.05) is 0 Å². The molecule has 20 heavy (non-hydrogen) atoms. The number of rotatable bonds is 3. The molecule has 0 spiro atoms. The SMILES string of the molecule is O=C1C=CC(O)N(S(=O)(=O)c2ccccc2[N+](=O)[O-])C1. The summed E-state index contributed by atoms with van der Waals surface area (Å²) >= 11 is 0. The zero-order chi connectivity index (χ0) is 14.9. The topological polar surface area (TPSA) is 118 Å². The van der Waals surface area contributed by atoms with E-state index in [0.717, 1.165) is 24.3 Å².